The smallest absolute Gasteiger partial charge is 0.317 e. The fourth-order valence-electron chi connectivity index (χ4n) is 3.02. The number of benzene rings is 2. The molecule has 136 valence electrons. The summed E-state index contributed by atoms with van der Waals surface area (Å²) in [6.45, 7) is 3.31. The predicted octanol–water partition coefficient (Wildman–Crippen LogP) is 2.67. The first-order valence-electron chi connectivity index (χ1n) is 8.69. The minimum atomic E-state index is -0.401. The van der Waals surface area contributed by atoms with E-state index in [4.69, 9.17) is 0 Å². The highest BCUT2D eigenvalue weighted by molar-refractivity contribution is 5.74. The Hall–Kier alpha value is -3.09. The molecule has 1 aliphatic heterocycles. The van der Waals surface area contributed by atoms with Gasteiger partial charge >= 0.3 is 6.03 Å². The second-order valence-electron chi connectivity index (χ2n) is 6.22. The molecule has 0 unspecified atom stereocenters. The molecule has 2 amide bonds. The van der Waals surface area contributed by atoms with E-state index in [-0.39, 0.29) is 11.7 Å². The average molecular weight is 354 g/mol. The van der Waals surface area contributed by atoms with Crippen molar-refractivity contribution in [3.05, 3.63) is 70.3 Å². The van der Waals surface area contributed by atoms with Gasteiger partial charge in [-0.05, 0) is 24.1 Å². The number of hydrogen-bond acceptors (Lipinski definition) is 4. The van der Waals surface area contributed by atoms with Crippen LogP contribution in [0.2, 0.25) is 0 Å². The van der Waals surface area contributed by atoms with Crippen LogP contribution in [0.5, 0.6) is 0 Å². The van der Waals surface area contributed by atoms with Gasteiger partial charge in [0.15, 0.2) is 0 Å². The Balaban J connectivity index is 1.44. The number of amides is 2. The molecular formula is C19H22N4O3. The molecule has 0 atom stereocenters. The van der Waals surface area contributed by atoms with Crippen LogP contribution >= 0.6 is 0 Å². The molecule has 2 aromatic carbocycles. The molecule has 26 heavy (non-hydrogen) atoms. The Labute approximate surface area is 152 Å². The summed E-state index contributed by atoms with van der Waals surface area (Å²) in [5.41, 5.74) is 2.24. The number of rotatable bonds is 5. The number of carbonyl (C=O) groups is 1. The van der Waals surface area contributed by atoms with Crippen molar-refractivity contribution in [3.8, 4) is 0 Å². The van der Waals surface area contributed by atoms with E-state index in [1.54, 1.807) is 12.1 Å². The molecule has 1 heterocycles. The number of nitrogens with zero attached hydrogens (tertiary/aromatic N) is 3. The normalized spacial score (nSPS) is 14.2. The quantitative estimate of drug-likeness (QED) is 0.661. The molecule has 1 aliphatic rings. The third-order valence-corrected chi connectivity index (χ3v) is 4.53. The molecule has 1 N–H and O–H groups in total. The Bertz CT molecular complexity index is 741. The van der Waals surface area contributed by atoms with Crippen molar-refractivity contribution in [2.45, 2.75) is 6.42 Å². The van der Waals surface area contributed by atoms with Crippen LogP contribution in [-0.2, 0) is 6.42 Å². The molecule has 7 nitrogen and oxygen atoms in total. The summed E-state index contributed by atoms with van der Waals surface area (Å²) in [5, 5.41) is 13.7. The van der Waals surface area contributed by atoms with Crippen molar-refractivity contribution >= 4 is 17.4 Å². The number of nitrogens with one attached hydrogen (secondary N) is 1. The molecule has 0 saturated carbocycles. The SMILES string of the molecule is O=C(NCCc1ccccc1)N1CCN(c2ccc([N+](=O)[O-])cc2)CC1. The summed E-state index contributed by atoms with van der Waals surface area (Å²) < 4.78 is 0. The number of piperazine rings is 1. The van der Waals surface area contributed by atoms with Crippen LogP contribution in [0.3, 0.4) is 0 Å². The molecule has 3 rings (SSSR count). The monoisotopic (exact) mass is 354 g/mol. The average Bonchev–Trinajstić information content (AvgIpc) is 2.69. The van der Waals surface area contributed by atoms with Crippen LogP contribution in [0.15, 0.2) is 54.6 Å². The van der Waals surface area contributed by atoms with Crippen LogP contribution < -0.4 is 10.2 Å². The van der Waals surface area contributed by atoms with Gasteiger partial charge in [0.1, 0.15) is 0 Å². The van der Waals surface area contributed by atoms with Crippen molar-refractivity contribution in [2.24, 2.45) is 0 Å². The highest BCUT2D eigenvalue weighted by Gasteiger charge is 2.21. The fourth-order valence-corrected chi connectivity index (χ4v) is 3.02. The van der Waals surface area contributed by atoms with E-state index in [2.05, 4.69) is 22.3 Å². The van der Waals surface area contributed by atoms with E-state index in [1.165, 1.54) is 17.7 Å². The van der Waals surface area contributed by atoms with Gasteiger partial charge in [-0.3, -0.25) is 10.1 Å². The largest absolute Gasteiger partial charge is 0.368 e. The zero-order valence-electron chi connectivity index (χ0n) is 14.5. The van der Waals surface area contributed by atoms with Gasteiger partial charge in [-0.15, -0.1) is 0 Å². The lowest BCUT2D eigenvalue weighted by atomic mass is 10.1. The second kappa shape index (κ2) is 8.33. The van der Waals surface area contributed by atoms with Crippen LogP contribution in [0.1, 0.15) is 5.56 Å². The van der Waals surface area contributed by atoms with Crippen molar-refractivity contribution in [2.75, 3.05) is 37.6 Å². The van der Waals surface area contributed by atoms with E-state index in [0.29, 0.717) is 32.7 Å². The van der Waals surface area contributed by atoms with E-state index < -0.39 is 4.92 Å². The van der Waals surface area contributed by atoms with Gasteiger partial charge in [-0.25, -0.2) is 4.79 Å². The zero-order chi connectivity index (χ0) is 18.4. The van der Waals surface area contributed by atoms with Crippen molar-refractivity contribution in [1.82, 2.24) is 10.2 Å². The molecule has 0 aromatic heterocycles. The fraction of sp³-hybridized carbons (Fsp3) is 0.316. The van der Waals surface area contributed by atoms with E-state index in [1.807, 2.05) is 23.1 Å². The Kier molecular flexibility index (Phi) is 5.68. The third kappa shape index (κ3) is 4.50. The highest BCUT2D eigenvalue weighted by Crippen LogP contribution is 2.20. The van der Waals surface area contributed by atoms with Crippen LogP contribution in [0.4, 0.5) is 16.2 Å². The summed E-state index contributed by atoms with van der Waals surface area (Å²) in [6.07, 6.45) is 0.815. The number of anilines is 1. The van der Waals surface area contributed by atoms with Gasteiger partial charge in [0, 0.05) is 50.5 Å². The summed E-state index contributed by atoms with van der Waals surface area (Å²) >= 11 is 0. The van der Waals surface area contributed by atoms with Gasteiger partial charge in [-0.1, -0.05) is 30.3 Å². The Morgan fingerprint density at radius 3 is 2.27 bits per heavy atom. The second-order valence-corrected chi connectivity index (χ2v) is 6.22. The number of carbonyl (C=O) groups excluding carboxylic acids is 1. The van der Waals surface area contributed by atoms with Gasteiger partial charge < -0.3 is 15.1 Å². The highest BCUT2D eigenvalue weighted by atomic mass is 16.6. The zero-order valence-corrected chi connectivity index (χ0v) is 14.5. The summed E-state index contributed by atoms with van der Waals surface area (Å²) in [7, 11) is 0. The molecule has 0 radical (unpaired) electrons. The third-order valence-electron chi connectivity index (χ3n) is 4.53. The maximum Gasteiger partial charge on any atom is 0.317 e. The number of urea groups is 1. The maximum atomic E-state index is 12.3. The molecule has 1 fully saturated rings. The van der Waals surface area contributed by atoms with Crippen LogP contribution in [-0.4, -0.2) is 48.6 Å². The molecule has 1 saturated heterocycles. The van der Waals surface area contributed by atoms with E-state index in [9.17, 15) is 14.9 Å². The molecular weight excluding hydrogens is 332 g/mol. The van der Waals surface area contributed by atoms with Gasteiger partial charge in [0.25, 0.3) is 5.69 Å². The summed E-state index contributed by atoms with van der Waals surface area (Å²) in [4.78, 5) is 26.5. The Morgan fingerprint density at radius 1 is 1.00 bits per heavy atom. The van der Waals surface area contributed by atoms with Crippen LogP contribution in [0, 0.1) is 10.1 Å². The van der Waals surface area contributed by atoms with Crippen molar-refractivity contribution < 1.29 is 9.72 Å². The minimum Gasteiger partial charge on any atom is -0.368 e. The first-order valence-corrected chi connectivity index (χ1v) is 8.69. The lowest BCUT2D eigenvalue weighted by molar-refractivity contribution is -0.384. The molecule has 0 aliphatic carbocycles. The first kappa shape index (κ1) is 17.7. The standard InChI is InChI=1S/C19H22N4O3/c24-19(20-11-10-16-4-2-1-3-5-16)22-14-12-21(13-15-22)17-6-8-18(9-7-17)23(25)26/h1-9H,10-15H2,(H,20,24). The van der Waals surface area contributed by atoms with Crippen molar-refractivity contribution in [3.63, 3.8) is 0 Å². The minimum absolute atomic E-state index is 0.0377. The van der Waals surface area contributed by atoms with E-state index >= 15 is 0 Å². The lowest BCUT2D eigenvalue weighted by Crippen LogP contribution is -2.52. The summed E-state index contributed by atoms with van der Waals surface area (Å²) in [6, 6.07) is 16.6. The lowest BCUT2D eigenvalue weighted by Gasteiger charge is -2.36. The number of non-ortho nitro benzene ring substituents is 1. The van der Waals surface area contributed by atoms with Crippen molar-refractivity contribution in [1.29, 1.82) is 0 Å². The topological polar surface area (TPSA) is 78.7 Å². The number of nitro groups is 1. The number of hydrogen-bond donors (Lipinski definition) is 1. The van der Waals surface area contributed by atoms with Gasteiger partial charge in [0.05, 0.1) is 4.92 Å². The van der Waals surface area contributed by atoms with Gasteiger partial charge in [-0.2, -0.15) is 0 Å². The maximum absolute atomic E-state index is 12.3. The molecule has 0 spiro atoms. The summed E-state index contributed by atoms with van der Waals surface area (Å²) in [5.74, 6) is 0. The first-order chi connectivity index (χ1) is 12.6. The molecule has 7 heteroatoms. The number of nitro benzene ring substituents is 1. The van der Waals surface area contributed by atoms with Crippen LogP contribution in [0.25, 0.3) is 0 Å². The van der Waals surface area contributed by atoms with Gasteiger partial charge in [0.2, 0.25) is 0 Å². The van der Waals surface area contributed by atoms with E-state index in [0.717, 1.165) is 12.1 Å². The Morgan fingerprint density at radius 2 is 1.65 bits per heavy atom. The predicted molar refractivity (Wildman–Crippen MR) is 100 cm³/mol. The molecule has 0 bridgehead atoms. The molecule has 2 aromatic rings.